The van der Waals surface area contributed by atoms with Gasteiger partial charge in [0, 0.05) is 36.8 Å². The summed E-state index contributed by atoms with van der Waals surface area (Å²) in [6, 6.07) is 20.1. The predicted octanol–water partition coefficient (Wildman–Crippen LogP) is 5.15. The van der Waals surface area contributed by atoms with Gasteiger partial charge in [-0.15, -0.1) is 11.3 Å². The van der Waals surface area contributed by atoms with Crippen LogP contribution in [0.4, 0.5) is 0 Å². The molecule has 0 atom stereocenters. The van der Waals surface area contributed by atoms with Crippen molar-refractivity contribution in [2.75, 3.05) is 7.05 Å². The lowest BCUT2D eigenvalue weighted by atomic mass is 10.1. The van der Waals surface area contributed by atoms with Crippen molar-refractivity contribution < 1.29 is 4.79 Å². The summed E-state index contributed by atoms with van der Waals surface area (Å²) in [6.45, 7) is 0.479. The maximum Gasteiger partial charge on any atom is 0.265 e. The topological polar surface area (TPSA) is 51.0 Å². The summed E-state index contributed by atoms with van der Waals surface area (Å²) >= 11 is 1.53. The molecule has 1 aliphatic rings. The van der Waals surface area contributed by atoms with Gasteiger partial charge in [-0.1, -0.05) is 48.5 Å². The van der Waals surface area contributed by atoms with Crippen LogP contribution in [0.1, 0.15) is 39.0 Å². The molecule has 1 saturated carbocycles. The molecule has 0 bridgehead atoms. The van der Waals surface area contributed by atoms with Crippen LogP contribution >= 0.6 is 11.3 Å². The molecule has 1 fully saturated rings. The molecule has 6 heteroatoms. The van der Waals surface area contributed by atoms with Crippen molar-refractivity contribution in [3.8, 4) is 16.9 Å². The van der Waals surface area contributed by atoms with E-state index in [-0.39, 0.29) is 5.91 Å². The summed E-state index contributed by atoms with van der Waals surface area (Å²) in [7, 11) is 1.84. The molecule has 0 spiro atoms. The smallest absolute Gasteiger partial charge is 0.265 e. The van der Waals surface area contributed by atoms with Gasteiger partial charge < -0.3 is 4.90 Å². The highest BCUT2D eigenvalue weighted by Crippen LogP contribution is 2.41. The van der Waals surface area contributed by atoms with Gasteiger partial charge in [-0.05, 0) is 25.0 Å². The minimum absolute atomic E-state index is 0.00544. The molecule has 4 aromatic rings. The molecule has 5 nitrogen and oxygen atoms in total. The van der Waals surface area contributed by atoms with E-state index in [0.29, 0.717) is 17.3 Å². The molecular formula is C24H22N4OS. The maximum atomic E-state index is 13.0. The second-order valence-electron chi connectivity index (χ2n) is 7.65. The Hall–Kier alpha value is -3.25. The third-order valence-corrected chi connectivity index (χ3v) is 6.42. The zero-order valence-corrected chi connectivity index (χ0v) is 17.5. The highest BCUT2D eigenvalue weighted by Gasteiger charge is 2.28. The SMILES string of the molecule is CN(Cc1cn(-c2ccccc2)nc1-c1ccccc1)C(=O)c1cnc(C2CC2)s1. The van der Waals surface area contributed by atoms with Crippen LogP contribution in [0.5, 0.6) is 0 Å². The zero-order valence-electron chi connectivity index (χ0n) is 16.7. The molecule has 0 unspecified atom stereocenters. The Morgan fingerprint density at radius 2 is 1.80 bits per heavy atom. The van der Waals surface area contributed by atoms with E-state index in [2.05, 4.69) is 4.98 Å². The van der Waals surface area contributed by atoms with Gasteiger partial charge in [0.25, 0.3) is 5.91 Å². The lowest BCUT2D eigenvalue weighted by molar-refractivity contribution is 0.0790. The second kappa shape index (κ2) is 7.88. The number of nitrogens with zero attached hydrogens (tertiary/aromatic N) is 4. The lowest BCUT2D eigenvalue weighted by Gasteiger charge is -2.16. The predicted molar refractivity (Wildman–Crippen MR) is 119 cm³/mol. The molecular weight excluding hydrogens is 392 g/mol. The zero-order chi connectivity index (χ0) is 20.5. The fourth-order valence-corrected chi connectivity index (χ4v) is 4.58. The van der Waals surface area contributed by atoms with E-state index in [1.165, 1.54) is 24.2 Å². The molecule has 0 N–H and O–H groups in total. The summed E-state index contributed by atoms with van der Waals surface area (Å²) in [6.07, 6.45) is 6.12. The van der Waals surface area contributed by atoms with Crippen molar-refractivity contribution in [3.05, 3.63) is 88.5 Å². The van der Waals surface area contributed by atoms with Crippen LogP contribution in [0, 0.1) is 0 Å². The molecule has 30 heavy (non-hydrogen) atoms. The van der Waals surface area contributed by atoms with Gasteiger partial charge in [0.15, 0.2) is 0 Å². The van der Waals surface area contributed by atoms with E-state index in [0.717, 1.165) is 27.5 Å². The summed E-state index contributed by atoms with van der Waals surface area (Å²) in [5.74, 6) is 0.571. The van der Waals surface area contributed by atoms with Gasteiger partial charge in [0.05, 0.1) is 22.6 Å². The first-order chi connectivity index (χ1) is 14.7. The molecule has 2 aromatic heterocycles. The van der Waals surface area contributed by atoms with E-state index in [4.69, 9.17) is 5.10 Å². The van der Waals surface area contributed by atoms with E-state index >= 15 is 0 Å². The van der Waals surface area contributed by atoms with Crippen molar-refractivity contribution in [2.45, 2.75) is 25.3 Å². The number of rotatable bonds is 6. The number of para-hydroxylation sites is 1. The quantitative estimate of drug-likeness (QED) is 0.439. The number of amides is 1. The number of carbonyl (C=O) groups is 1. The lowest BCUT2D eigenvalue weighted by Crippen LogP contribution is -2.25. The van der Waals surface area contributed by atoms with Crippen LogP contribution in [-0.4, -0.2) is 32.6 Å². The highest BCUT2D eigenvalue weighted by atomic mass is 32.1. The van der Waals surface area contributed by atoms with E-state index in [1.54, 1.807) is 11.1 Å². The minimum atomic E-state index is 0.00544. The van der Waals surface area contributed by atoms with Crippen molar-refractivity contribution >= 4 is 17.2 Å². The van der Waals surface area contributed by atoms with Gasteiger partial charge in [0.1, 0.15) is 4.88 Å². The summed E-state index contributed by atoms with van der Waals surface area (Å²) in [5.41, 5.74) is 3.93. The molecule has 0 saturated heterocycles. The Balaban J connectivity index is 1.44. The van der Waals surface area contributed by atoms with Crippen LogP contribution < -0.4 is 0 Å². The molecule has 5 rings (SSSR count). The van der Waals surface area contributed by atoms with Gasteiger partial charge in [-0.3, -0.25) is 4.79 Å². The minimum Gasteiger partial charge on any atom is -0.336 e. The van der Waals surface area contributed by atoms with Gasteiger partial charge in [-0.2, -0.15) is 5.10 Å². The molecule has 0 radical (unpaired) electrons. The maximum absolute atomic E-state index is 13.0. The van der Waals surface area contributed by atoms with Crippen LogP contribution in [0.2, 0.25) is 0 Å². The van der Waals surface area contributed by atoms with E-state index < -0.39 is 0 Å². The molecule has 150 valence electrons. The molecule has 2 aromatic carbocycles. The normalized spacial score (nSPS) is 13.4. The molecule has 0 aliphatic heterocycles. The van der Waals surface area contributed by atoms with Crippen LogP contribution in [-0.2, 0) is 6.54 Å². The largest absolute Gasteiger partial charge is 0.336 e. The first kappa shape index (κ1) is 18.8. The number of hydrogen-bond donors (Lipinski definition) is 0. The fraction of sp³-hybridized carbons (Fsp3) is 0.208. The number of benzene rings is 2. The first-order valence-corrected chi connectivity index (χ1v) is 10.9. The number of aromatic nitrogens is 3. The Morgan fingerprint density at radius 3 is 2.50 bits per heavy atom. The monoisotopic (exact) mass is 414 g/mol. The number of carbonyl (C=O) groups excluding carboxylic acids is 1. The van der Waals surface area contributed by atoms with Gasteiger partial charge in [0.2, 0.25) is 0 Å². The van der Waals surface area contributed by atoms with Crippen LogP contribution in [0.25, 0.3) is 16.9 Å². The van der Waals surface area contributed by atoms with Crippen molar-refractivity contribution in [1.82, 2.24) is 19.7 Å². The van der Waals surface area contributed by atoms with Crippen LogP contribution in [0.3, 0.4) is 0 Å². The Labute approximate surface area is 179 Å². The fourth-order valence-electron chi connectivity index (χ4n) is 3.50. The van der Waals surface area contributed by atoms with Crippen molar-refractivity contribution in [1.29, 1.82) is 0 Å². The van der Waals surface area contributed by atoms with Crippen LogP contribution in [0.15, 0.2) is 73.1 Å². The first-order valence-electron chi connectivity index (χ1n) is 10.1. The number of thiazole rings is 1. The molecule has 1 aliphatic carbocycles. The third kappa shape index (κ3) is 3.78. The third-order valence-electron chi connectivity index (χ3n) is 5.27. The average Bonchev–Trinajstić information content (AvgIpc) is 3.37. The summed E-state index contributed by atoms with van der Waals surface area (Å²) < 4.78 is 1.88. The van der Waals surface area contributed by atoms with E-state index in [9.17, 15) is 4.79 Å². The van der Waals surface area contributed by atoms with Gasteiger partial charge in [-0.25, -0.2) is 9.67 Å². The summed E-state index contributed by atoms with van der Waals surface area (Å²) in [5, 5.41) is 5.93. The standard InChI is InChI=1S/C24H22N4OS/c1-27(24(29)21-14-25-23(30-21)18-12-13-18)15-19-16-28(20-10-6-3-7-11-20)26-22(19)17-8-4-2-5-9-17/h2-11,14,16,18H,12-13,15H2,1H3. The Bertz CT molecular complexity index is 1160. The Kier molecular flexibility index (Phi) is 4.93. The molecule has 2 heterocycles. The van der Waals surface area contributed by atoms with Crippen molar-refractivity contribution in [3.63, 3.8) is 0 Å². The molecule has 1 amide bonds. The second-order valence-corrected chi connectivity index (χ2v) is 8.71. The van der Waals surface area contributed by atoms with Gasteiger partial charge >= 0.3 is 0 Å². The van der Waals surface area contributed by atoms with E-state index in [1.807, 2.05) is 78.6 Å². The Morgan fingerprint density at radius 1 is 1.10 bits per heavy atom. The number of hydrogen-bond acceptors (Lipinski definition) is 4. The average molecular weight is 415 g/mol. The van der Waals surface area contributed by atoms with Crippen molar-refractivity contribution in [2.24, 2.45) is 0 Å². The summed E-state index contributed by atoms with van der Waals surface area (Å²) in [4.78, 5) is 19.9. The highest BCUT2D eigenvalue weighted by molar-refractivity contribution is 7.13.